The number of aromatic nitrogens is 1. The van der Waals surface area contributed by atoms with Gasteiger partial charge in [0.1, 0.15) is 5.75 Å². The van der Waals surface area contributed by atoms with E-state index in [-0.39, 0.29) is 0 Å². The van der Waals surface area contributed by atoms with Crippen molar-refractivity contribution >= 4 is 0 Å². The zero-order chi connectivity index (χ0) is 10.7. The number of pyridine rings is 1. The van der Waals surface area contributed by atoms with Gasteiger partial charge in [-0.2, -0.15) is 0 Å². The fourth-order valence-electron chi connectivity index (χ4n) is 1.53. The van der Waals surface area contributed by atoms with Crippen molar-refractivity contribution in [1.82, 2.24) is 4.98 Å². The Labute approximate surface area is 89.6 Å². The van der Waals surface area contributed by atoms with Crippen LogP contribution in [-0.2, 0) is 0 Å². The third-order valence-electron chi connectivity index (χ3n) is 2.23. The molecule has 2 heteroatoms. The molecule has 0 aliphatic carbocycles. The van der Waals surface area contributed by atoms with Crippen LogP contribution in [0, 0.1) is 13.0 Å². The zero-order valence-corrected chi connectivity index (χ0v) is 8.82. The molecule has 0 bridgehead atoms. The summed E-state index contributed by atoms with van der Waals surface area (Å²) in [6.07, 6.45) is 1.80. The molecule has 0 aliphatic rings. The normalized spacial score (nSPS) is 10.0. The fourth-order valence-corrected chi connectivity index (χ4v) is 1.53. The molecule has 15 heavy (non-hydrogen) atoms. The standard InChI is InChI=1S/C13H12NO/c1-10-9-11(7-8-14-10)12-5-3-4-6-13(12)15-2/h3-5,7-9H,1-2H3. The highest BCUT2D eigenvalue weighted by molar-refractivity contribution is 5.69. The molecule has 0 fully saturated rings. The van der Waals surface area contributed by atoms with Crippen LogP contribution in [0.4, 0.5) is 0 Å². The molecular weight excluding hydrogens is 186 g/mol. The van der Waals surface area contributed by atoms with Gasteiger partial charge in [0.05, 0.1) is 7.11 Å². The maximum atomic E-state index is 5.26. The second kappa shape index (κ2) is 4.13. The van der Waals surface area contributed by atoms with Crippen molar-refractivity contribution < 1.29 is 4.74 Å². The number of methoxy groups -OCH3 is 1. The van der Waals surface area contributed by atoms with Gasteiger partial charge in [0.25, 0.3) is 0 Å². The predicted octanol–water partition coefficient (Wildman–Crippen LogP) is 2.87. The summed E-state index contributed by atoms with van der Waals surface area (Å²) in [7, 11) is 1.66. The maximum Gasteiger partial charge on any atom is 0.134 e. The molecule has 75 valence electrons. The SMILES string of the molecule is COc1[c]cccc1-c1ccnc(C)c1. The van der Waals surface area contributed by atoms with E-state index in [9.17, 15) is 0 Å². The summed E-state index contributed by atoms with van der Waals surface area (Å²) in [6, 6.07) is 12.9. The molecule has 1 heterocycles. The summed E-state index contributed by atoms with van der Waals surface area (Å²) in [5.41, 5.74) is 3.15. The van der Waals surface area contributed by atoms with E-state index in [0.29, 0.717) is 0 Å². The van der Waals surface area contributed by atoms with Crippen LogP contribution in [0.15, 0.2) is 36.5 Å². The summed E-state index contributed by atoms with van der Waals surface area (Å²) in [4.78, 5) is 4.17. The van der Waals surface area contributed by atoms with Crippen LogP contribution in [0.25, 0.3) is 11.1 Å². The van der Waals surface area contributed by atoms with Gasteiger partial charge in [-0.15, -0.1) is 0 Å². The number of benzene rings is 1. The minimum Gasteiger partial charge on any atom is -0.495 e. The van der Waals surface area contributed by atoms with Crippen LogP contribution in [0.3, 0.4) is 0 Å². The number of hydrogen-bond acceptors (Lipinski definition) is 2. The maximum absolute atomic E-state index is 5.26. The number of rotatable bonds is 2. The predicted molar refractivity (Wildman–Crippen MR) is 59.8 cm³/mol. The Hall–Kier alpha value is -1.83. The average Bonchev–Trinajstić information content (AvgIpc) is 2.29. The van der Waals surface area contributed by atoms with Gasteiger partial charge in [-0.05, 0) is 24.6 Å². The number of para-hydroxylation sites is 1. The van der Waals surface area contributed by atoms with Crippen LogP contribution in [-0.4, -0.2) is 12.1 Å². The van der Waals surface area contributed by atoms with E-state index >= 15 is 0 Å². The Morgan fingerprint density at radius 2 is 2.20 bits per heavy atom. The molecule has 1 aromatic carbocycles. The first-order valence-electron chi connectivity index (χ1n) is 4.79. The molecule has 1 aromatic heterocycles. The first-order chi connectivity index (χ1) is 7.31. The Morgan fingerprint density at radius 3 is 2.93 bits per heavy atom. The lowest BCUT2D eigenvalue weighted by Gasteiger charge is -2.07. The van der Waals surface area contributed by atoms with Crippen molar-refractivity contribution in [2.75, 3.05) is 7.11 Å². The Morgan fingerprint density at radius 1 is 1.33 bits per heavy atom. The van der Waals surface area contributed by atoms with E-state index in [0.717, 1.165) is 22.6 Å². The fraction of sp³-hybridized carbons (Fsp3) is 0.154. The van der Waals surface area contributed by atoms with Crippen LogP contribution in [0.5, 0.6) is 5.75 Å². The Bertz CT molecular complexity index is 466. The number of aryl methyl sites for hydroxylation is 1. The van der Waals surface area contributed by atoms with Gasteiger partial charge < -0.3 is 4.74 Å². The lowest BCUT2D eigenvalue weighted by Crippen LogP contribution is -1.88. The molecular formula is C13H12NO. The molecule has 0 aliphatic heterocycles. The minimum atomic E-state index is 0.767. The number of nitrogens with zero attached hydrogens (tertiary/aromatic N) is 1. The molecule has 0 amide bonds. The molecule has 2 rings (SSSR count). The van der Waals surface area contributed by atoms with E-state index in [1.165, 1.54) is 0 Å². The summed E-state index contributed by atoms with van der Waals surface area (Å²) in [5.74, 6) is 0.767. The van der Waals surface area contributed by atoms with Gasteiger partial charge >= 0.3 is 0 Å². The minimum absolute atomic E-state index is 0.767. The third-order valence-corrected chi connectivity index (χ3v) is 2.23. The van der Waals surface area contributed by atoms with Gasteiger partial charge in [0.2, 0.25) is 0 Å². The topological polar surface area (TPSA) is 22.1 Å². The molecule has 2 nitrogen and oxygen atoms in total. The summed E-state index contributed by atoms with van der Waals surface area (Å²) in [5, 5.41) is 0. The number of hydrogen-bond donors (Lipinski definition) is 0. The smallest absolute Gasteiger partial charge is 0.134 e. The summed E-state index contributed by atoms with van der Waals surface area (Å²) < 4.78 is 5.26. The van der Waals surface area contributed by atoms with Crippen LogP contribution in [0.1, 0.15) is 5.69 Å². The van der Waals surface area contributed by atoms with Crippen molar-refractivity contribution in [3.8, 4) is 16.9 Å². The van der Waals surface area contributed by atoms with Crippen LogP contribution >= 0.6 is 0 Å². The highest BCUT2D eigenvalue weighted by Gasteiger charge is 2.04. The molecule has 0 saturated carbocycles. The first kappa shape index (κ1) is 9.71. The molecule has 2 aromatic rings. The molecule has 1 radical (unpaired) electrons. The van der Waals surface area contributed by atoms with Crippen molar-refractivity contribution in [2.24, 2.45) is 0 Å². The van der Waals surface area contributed by atoms with Gasteiger partial charge in [-0.3, -0.25) is 4.98 Å². The average molecular weight is 198 g/mol. The Kier molecular flexibility index (Phi) is 2.68. The van der Waals surface area contributed by atoms with Crippen LogP contribution < -0.4 is 4.74 Å². The zero-order valence-electron chi connectivity index (χ0n) is 8.82. The monoisotopic (exact) mass is 198 g/mol. The molecule has 0 spiro atoms. The number of ether oxygens (including phenoxy) is 1. The van der Waals surface area contributed by atoms with Crippen LogP contribution in [0.2, 0.25) is 0 Å². The highest BCUT2D eigenvalue weighted by Crippen LogP contribution is 2.28. The second-order valence-corrected chi connectivity index (χ2v) is 3.30. The van der Waals surface area contributed by atoms with Crippen molar-refractivity contribution in [3.05, 3.63) is 48.3 Å². The largest absolute Gasteiger partial charge is 0.495 e. The van der Waals surface area contributed by atoms with Gasteiger partial charge in [-0.25, -0.2) is 0 Å². The third kappa shape index (κ3) is 1.99. The molecule has 0 N–H and O–H groups in total. The lowest BCUT2D eigenvalue weighted by molar-refractivity contribution is 0.415. The summed E-state index contributed by atoms with van der Waals surface area (Å²) >= 11 is 0. The molecule has 0 atom stereocenters. The van der Waals surface area contributed by atoms with Crippen molar-refractivity contribution in [2.45, 2.75) is 6.92 Å². The van der Waals surface area contributed by atoms with Crippen molar-refractivity contribution in [3.63, 3.8) is 0 Å². The van der Waals surface area contributed by atoms with E-state index in [2.05, 4.69) is 11.1 Å². The Balaban J connectivity index is 2.53. The molecule has 0 unspecified atom stereocenters. The highest BCUT2D eigenvalue weighted by atomic mass is 16.5. The lowest BCUT2D eigenvalue weighted by atomic mass is 10.1. The van der Waals surface area contributed by atoms with Gasteiger partial charge in [0, 0.05) is 23.5 Å². The molecule has 0 saturated heterocycles. The van der Waals surface area contributed by atoms with E-state index in [1.807, 2.05) is 37.3 Å². The van der Waals surface area contributed by atoms with E-state index in [1.54, 1.807) is 13.3 Å². The van der Waals surface area contributed by atoms with Crippen molar-refractivity contribution in [1.29, 1.82) is 0 Å². The van der Waals surface area contributed by atoms with Gasteiger partial charge in [-0.1, -0.05) is 18.2 Å². The quantitative estimate of drug-likeness (QED) is 0.740. The first-order valence-corrected chi connectivity index (χ1v) is 4.79. The summed E-state index contributed by atoms with van der Waals surface area (Å²) in [6.45, 7) is 1.97. The second-order valence-electron chi connectivity index (χ2n) is 3.30. The van der Waals surface area contributed by atoms with E-state index in [4.69, 9.17) is 4.74 Å². The van der Waals surface area contributed by atoms with E-state index < -0.39 is 0 Å². The van der Waals surface area contributed by atoms with Gasteiger partial charge in [0.15, 0.2) is 0 Å².